The molecule has 28 heavy (non-hydrogen) atoms. The van der Waals surface area contributed by atoms with Crippen molar-refractivity contribution in [1.82, 2.24) is 19.9 Å². The number of carbonyl (C=O) groups excluding carboxylic acids is 1. The van der Waals surface area contributed by atoms with E-state index in [1.54, 1.807) is 56.0 Å². The zero-order valence-electron chi connectivity index (χ0n) is 15.8. The van der Waals surface area contributed by atoms with Crippen LogP contribution >= 0.6 is 0 Å². The molecular formula is C20H19N5O3. The van der Waals surface area contributed by atoms with Crippen LogP contribution < -0.4 is 14.4 Å². The highest BCUT2D eigenvalue weighted by atomic mass is 16.5. The molecule has 142 valence electrons. The first-order valence-electron chi connectivity index (χ1n) is 8.86. The van der Waals surface area contributed by atoms with Gasteiger partial charge in [0.1, 0.15) is 0 Å². The van der Waals surface area contributed by atoms with Crippen LogP contribution in [-0.2, 0) is 0 Å². The Bertz CT molecular complexity index is 1010. The van der Waals surface area contributed by atoms with Gasteiger partial charge in [-0.05, 0) is 30.2 Å². The predicted molar refractivity (Wildman–Crippen MR) is 102 cm³/mol. The van der Waals surface area contributed by atoms with Crippen LogP contribution in [0.1, 0.15) is 35.3 Å². The molecule has 0 aliphatic carbocycles. The number of nitrogens with zero attached hydrogens (tertiary/aromatic N) is 5. The summed E-state index contributed by atoms with van der Waals surface area (Å²) in [6, 6.07) is 5.19. The van der Waals surface area contributed by atoms with Gasteiger partial charge in [0.15, 0.2) is 23.1 Å². The molecule has 3 heterocycles. The number of anilines is 1. The number of hydrogen-bond donors (Lipinski definition) is 0. The maximum Gasteiger partial charge on any atom is 0.259 e. The summed E-state index contributed by atoms with van der Waals surface area (Å²) in [5, 5.41) is 0. The Kier molecular flexibility index (Phi) is 4.60. The number of methoxy groups -OCH3 is 2. The Hall–Kier alpha value is -3.55. The van der Waals surface area contributed by atoms with Gasteiger partial charge >= 0.3 is 0 Å². The highest BCUT2D eigenvalue weighted by molar-refractivity contribution is 6.11. The second-order valence-electron chi connectivity index (χ2n) is 6.23. The molecule has 0 unspecified atom stereocenters. The normalized spacial score (nSPS) is 15.5. The smallest absolute Gasteiger partial charge is 0.259 e. The topological polar surface area (TPSA) is 90.3 Å². The van der Waals surface area contributed by atoms with Crippen molar-refractivity contribution in [1.29, 1.82) is 0 Å². The minimum Gasteiger partial charge on any atom is -0.493 e. The number of ether oxygens (including phenoxy) is 2. The summed E-state index contributed by atoms with van der Waals surface area (Å²) in [5.41, 5.74) is 2.12. The summed E-state index contributed by atoms with van der Waals surface area (Å²) >= 11 is 0. The van der Waals surface area contributed by atoms with Crippen molar-refractivity contribution in [2.45, 2.75) is 19.4 Å². The minimum atomic E-state index is -0.135. The summed E-state index contributed by atoms with van der Waals surface area (Å²) in [5.74, 6) is 1.85. The molecule has 0 bridgehead atoms. The third-order valence-corrected chi connectivity index (χ3v) is 4.74. The summed E-state index contributed by atoms with van der Waals surface area (Å²) in [7, 11) is 3.13. The molecule has 1 amide bonds. The molecule has 3 aromatic rings. The first kappa shape index (κ1) is 17.8. The second kappa shape index (κ2) is 7.22. The molecular weight excluding hydrogens is 358 g/mol. The Labute approximate surface area is 162 Å². The van der Waals surface area contributed by atoms with E-state index < -0.39 is 0 Å². The van der Waals surface area contributed by atoms with E-state index in [9.17, 15) is 4.79 Å². The fourth-order valence-electron chi connectivity index (χ4n) is 3.44. The molecule has 8 nitrogen and oxygen atoms in total. The number of hydrogen-bond acceptors (Lipinski definition) is 7. The Morgan fingerprint density at radius 1 is 0.964 bits per heavy atom. The highest BCUT2D eigenvalue weighted by Gasteiger charge is 2.38. The summed E-state index contributed by atoms with van der Waals surface area (Å²) in [6.07, 6.45) is 7.25. The Morgan fingerprint density at radius 2 is 1.57 bits per heavy atom. The monoisotopic (exact) mass is 377 g/mol. The number of carbonyl (C=O) groups is 1. The number of benzene rings is 1. The van der Waals surface area contributed by atoms with Crippen molar-refractivity contribution in [3.8, 4) is 23.1 Å². The van der Waals surface area contributed by atoms with Crippen LogP contribution in [0.4, 0.5) is 5.69 Å². The van der Waals surface area contributed by atoms with E-state index in [1.165, 1.54) is 0 Å². The van der Waals surface area contributed by atoms with Gasteiger partial charge in [0.05, 0.1) is 38.3 Å². The van der Waals surface area contributed by atoms with E-state index in [2.05, 4.69) is 19.9 Å². The van der Waals surface area contributed by atoms with Gasteiger partial charge in [-0.1, -0.05) is 6.92 Å². The molecule has 1 aromatic carbocycles. The van der Waals surface area contributed by atoms with E-state index in [1.807, 2.05) is 13.0 Å². The van der Waals surface area contributed by atoms with Crippen molar-refractivity contribution in [2.75, 3.05) is 19.1 Å². The molecule has 0 saturated carbocycles. The maximum absolute atomic E-state index is 13.1. The summed E-state index contributed by atoms with van der Waals surface area (Å²) in [4.78, 5) is 31.8. The molecule has 0 fully saturated rings. The maximum atomic E-state index is 13.1. The molecule has 0 radical (unpaired) electrons. The van der Waals surface area contributed by atoms with Crippen LogP contribution in [0.15, 0.2) is 43.0 Å². The Morgan fingerprint density at radius 3 is 2.18 bits per heavy atom. The molecule has 2 aromatic heterocycles. The van der Waals surface area contributed by atoms with Gasteiger partial charge in [-0.25, -0.2) is 19.9 Å². The molecule has 1 atom stereocenters. The SMILES string of the molecule is CC[C@@H]1c2cc(OC)c(OC)cc2C(=O)N1c1cnc(-c2ncccn2)nc1. The van der Waals surface area contributed by atoms with E-state index in [4.69, 9.17) is 9.47 Å². The van der Waals surface area contributed by atoms with Gasteiger partial charge in [-0.2, -0.15) is 0 Å². The summed E-state index contributed by atoms with van der Waals surface area (Å²) in [6.45, 7) is 2.03. The molecule has 0 saturated heterocycles. The predicted octanol–water partition coefficient (Wildman–Crippen LogP) is 3.06. The van der Waals surface area contributed by atoms with E-state index in [-0.39, 0.29) is 11.9 Å². The number of rotatable bonds is 5. The van der Waals surface area contributed by atoms with Crippen LogP contribution in [0, 0.1) is 0 Å². The lowest BCUT2D eigenvalue weighted by Gasteiger charge is -2.23. The zero-order chi connectivity index (χ0) is 19.7. The highest BCUT2D eigenvalue weighted by Crippen LogP contribution is 2.43. The van der Waals surface area contributed by atoms with Gasteiger partial charge < -0.3 is 9.47 Å². The molecule has 0 N–H and O–H groups in total. The molecule has 1 aliphatic heterocycles. The third-order valence-electron chi connectivity index (χ3n) is 4.74. The fourth-order valence-corrected chi connectivity index (χ4v) is 3.44. The molecule has 8 heteroatoms. The van der Waals surface area contributed by atoms with E-state index in [0.717, 1.165) is 12.0 Å². The quantitative estimate of drug-likeness (QED) is 0.675. The van der Waals surface area contributed by atoms with Gasteiger partial charge in [-0.3, -0.25) is 9.69 Å². The van der Waals surface area contributed by atoms with Crippen LogP contribution in [0.3, 0.4) is 0 Å². The van der Waals surface area contributed by atoms with Gasteiger partial charge in [-0.15, -0.1) is 0 Å². The second-order valence-corrected chi connectivity index (χ2v) is 6.23. The number of amides is 1. The largest absolute Gasteiger partial charge is 0.493 e. The molecule has 0 spiro atoms. The fraction of sp³-hybridized carbons (Fsp3) is 0.250. The van der Waals surface area contributed by atoms with Crippen LogP contribution in [0.25, 0.3) is 11.6 Å². The summed E-state index contributed by atoms with van der Waals surface area (Å²) < 4.78 is 10.8. The average molecular weight is 377 g/mol. The third kappa shape index (κ3) is 2.83. The van der Waals surface area contributed by atoms with Crippen molar-refractivity contribution >= 4 is 11.6 Å². The van der Waals surface area contributed by atoms with E-state index in [0.29, 0.717) is 34.4 Å². The molecule has 1 aliphatic rings. The first-order valence-corrected chi connectivity index (χ1v) is 8.86. The lowest BCUT2D eigenvalue weighted by molar-refractivity contribution is 0.0990. The van der Waals surface area contributed by atoms with Crippen molar-refractivity contribution < 1.29 is 14.3 Å². The first-order chi connectivity index (χ1) is 13.7. The number of fused-ring (bicyclic) bond motifs is 1. The van der Waals surface area contributed by atoms with Crippen LogP contribution in [-0.4, -0.2) is 40.1 Å². The Balaban J connectivity index is 1.72. The van der Waals surface area contributed by atoms with Gasteiger partial charge in [0.2, 0.25) is 0 Å². The number of aromatic nitrogens is 4. The van der Waals surface area contributed by atoms with Crippen molar-refractivity contribution in [3.63, 3.8) is 0 Å². The standard InChI is InChI=1S/C20H19N5O3/c1-4-15-13-8-16(27-2)17(28-3)9-14(13)20(26)25(15)12-10-23-19(24-11-12)18-21-6-5-7-22-18/h5-11,15H,4H2,1-3H3/t15-/m1/s1. The lowest BCUT2D eigenvalue weighted by Crippen LogP contribution is -2.27. The van der Waals surface area contributed by atoms with E-state index >= 15 is 0 Å². The van der Waals surface area contributed by atoms with Crippen molar-refractivity contribution in [2.24, 2.45) is 0 Å². The lowest BCUT2D eigenvalue weighted by atomic mass is 10.0. The minimum absolute atomic E-state index is 0.116. The van der Waals surface area contributed by atoms with Crippen LogP contribution in [0.5, 0.6) is 11.5 Å². The molecule has 4 rings (SSSR count). The van der Waals surface area contributed by atoms with Gasteiger partial charge in [0.25, 0.3) is 5.91 Å². The van der Waals surface area contributed by atoms with Gasteiger partial charge in [0, 0.05) is 18.0 Å². The van der Waals surface area contributed by atoms with Crippen molar-refractivity contribution in [3.05, 3.63) is 54.1 Å². The van der Waals surface area contributed by atoms with Crippen LogP contribution in [0.2, 0.25) is 0 Å². The zero-order valence-corrected chi connectivity index (χ0v) is 15.8. The average Bonchev–Trinajstić information content (AvgIpc) is 3.04.